The van der Waals surface area contributed by atoms with Gasteiger partial charge in [-0.05, 0) is 37.8 Å². The van der Waals surface area contributed by atoms with E-state index in [-0.39, 0.29) is 42.5 Å². The molecule has 0 aromatic carbocycles. The van der Waals surface area contributed by atoms with Crippen molar-refractivity contribution in [2.75, 3.05) is 19.8 Å². The summed E-state index contributed by atoms with van der Waals surface area (Å²) in [7, 11) is 0. The second kappa shape index (κ2) is 13.2. The van der Waals surface area contributed by atoms with Gasteiger partial charge in [0.05, 0.1) is 44.2 Å². The van der Waals surface area contributed by atoms with Crippen molar-refractivity contribution in [1.82, 2.24) is 0 Å². The Bertz CT molecular complexity index is 1110. The molecule has 0 bridgehead atoms. The lowest BCUT2D eigenvalue weighted by atomic mass is 9.82. The minimum Gasteiger partial charge on any atom is -0.472 e. The number of carbonyl (C=O) groups excluding carboxylic acids is 2. The second-order valence-corrected chi connectivity index (χ2v) is 10.7. The molecule has 2 aliphatic carbocycles. The number of fused-ring (bicyclic) bond motifs is 2. The number of rotatable bonds is 7. The molecule has 3 aliphatic heterocycles. The summed E-state index contributed by atoms with van der Waals surface area (Å²) in [6.45, 7) is 2.03. The summed E-state index contributed by atoms with van der Waals surface area (Å²) in [5.74, 6) is -1.15. The highest BCUT2D eigenvalue weighted by Gasteiger charge is 2.49. The Morgan fingerprint density at radius 2 is 1.32 bits per heavy atom. The van der Waals surface area contributed by atoms with Gasteiger partial charge in [0.15, 0.2) is 17.9 Å². The van der Waals surface area contributed by atoms with Gasteiger partial charge in [-0.25, -0.2) is 0 Å². The van der Waals surface area contributed by atoms with Crippen molar-refractivity contribution < 1.29 is 64.3 Å². The highest BCUT2D eigenvalue weighted by Crippen LogP contribution is 2.44. The highest BCUT2D eigenvalue weighted by atomic mass is 16.8. The van der Waals surface area contributed by atoms with E-state index in [1.54, 1.807) is 0 Å². The minimum absolute atomic E-state index is 0.0339. The predicted molar refractivity (Wildman–Crippen MR) is 138 cm³/mol. The fourth-order valence-electron chi connectivity index (χ4n) is 6.11. The van der Waals surface area contributed by atoms with Gasteiger partial charge in [0.2, 0.25) is 12.6 Å². The Kier molecular flexibility index (Phi) is 10.2. The van der Waals surface area contributed by atoms with Gasteiger partial charge in [0.25, 0.3) is 0 Å². The van der Waals surface area contributed by atoms with E-state index < -0.39 is 55.8 Å². The van der Waals surface area contributed by atoms with E-state index >= 15 is 0 Å². The molecule has 1 saturated heterocycles. The van der Waals surface area contributed by atoms with E-state index in [2.05, 4.69) is 0 Å². The summed E-state index contributed by atoms with van der Waals surface area (Å²) in [4.78, 5) is 23.1. The first-order chi connectivity index (χ1) is 19.5. The molecule has 5 aliphatic rings. The molecule has 0 amide bonds. The summed E-state index contributed by atoms with van der Waals surface area (Å²) in [5, 5.41) is 67.5. The number of aliphatic hydroxyl groups excluding tert-OH is 7. The van der Waals surface area contributed by atoms with E-state index in [0.29, 0.717) is 29.6 Å². The summed E-state index contributed by atoms with van der Waals surface area (Å²) in [5.41, 5.74) is 2.50. The van der Waals surface area contributed by atoms with Crippen LogP contribution in [0.1, 0.15) is 26.7 Å². The molecule has 0 spiro atoms. The van der Waals surface area contributed by atoms with Crippen LogP contribution in [-0.4, -0.2) is 110 Å². The van der Waals surface area contributed by atoms with Crippen molar-refractivity contribution in [1.29, 1.82) is 0 Å². The van der Waals surface area contributed by atoms with Crippen molar-refractivity contribution in [3.63, 3.8) is 0 Å². The topological polar surface area (TPSA) is 213 Å². The van der Waals surface area contributed by atoms with Crippen LogP contribution in [0.2, 0.25) is 0 Å². The lowest BCUT2D eigenvalue weighted by Crippen LogP contribution is -2.60. The van der Waals surface area contributed by atoms with Crippen LogP contribution in [0.4, 0.5) is 0 Å². The van der Waals surface area contributed by atoms with Crippen molar-refractivity contribution >= 4 is 11.6 Å². The molecule has 228 valence electrons. The Morgan fingerprint density at radius 1 is 0.780 bits per heavy atom. The third-order valence-corrected chi connectivity index (χ3v) is 8.35. The summed E-state index contributed by atoms with van der Waals surface area (Å²) in [6, 6.07) is 0. The monoisotopic (exact) mass is 582 g/mol. The van der Waals surface area contributed by atoms with Crippen LogP contribution in [-0.2, 0) is 28.5 Å². The summed E-state index contributed by atoms with van der Waals surface area (Å²) < 4.78 is 21.6. The van der Waals surface area contributed by atoms with Crippen LogP contribution in [0, 0.1) is 23.7 Å². The molecule has 41 heavy (non-hydrogen) atoms. The molecule has 0 radical (unpaired) electrons. The summed E-state index contributed by atoms with van der Waals surface area (Å²) in [6.07, 6.45) is -1.38. The van der Waals surface area contributed by atoms with E-state index in [9.17, 15) is 40.2 Å². The zero-order valence-electron chi connectivity index (χ0n) is 22.8. The van der Waals surface area contributed by atoms with Gasteiger partial charge < -0.3 is 54.7 Å². The molecule has 1 fully saturated rings. The zero-order valence-corrected chi connectivity index (χ0v) is 22.8. The number of hydrogen-bond donors (Lipinski definition) is 7. The van der Waals surface area contributed by atoms with Gasteiger partial charge in [-0.1, -0.05) is 12.2 Å². The molecule has 7 N–H and O–H groups in total. The number of ether oxygens (including phenoxy) is 4. The van der Waals surface area contributed by atoms with Crippen molar-refractivity contribution in [2.24, 2.45) is 23.7 Å². The fraction of sp³-hybridized carbons (Fsp3) is 0.643. The minimum atomic E-state index is -1.56. The average Bonchev–Trinajstić information content (AvgIpc) is 3.59. The molecule has 0 saturated carbocycles. The standard InChI is InChI=1S/C17H24O9.C11H14O4/c1-7(20)10-6-24-16(12-8(4-18)2-3-9(10)12)26-17-15(23)14(22)13(21)11(5-19)25-17;1-6(13)9-5-15-11(14)10-7(4-12)2-3-8(9)10/h2,6,9,11-19,21-23H,3-5H2,1H3;2,5,8,10-12,14H,3-4H2,1H3/t9-,11-,12-,13-,14+,15-,16+,17+;8-,10-,11-/m11/s1. The van der Waals surface area contributed by atoms with Crippen LogP contribution < -0.4 is 0 Å². The number of ketones is 2. The molecule has 0 unspecified atom stereocenters. The van der Waals surface area contributed by atoms with Gasteiger partial charge in [-0.2, -0.15) is 0 Å². The molecular formula is C28H38O13. The van der Waals surface area contributed by atoms with Gasteiger partial charge >= 0.3 is 0 Å². The smallest absolute Gasteiger partial charge is 0.208 e. The van der Waals surface area contributed by atoms with Crippen LogP contribution in [0.15, 0.2) is 47.0 Å². The maximum absolute atomic E-state index is 11.8. The molecule has 5 rings (SSSR count). The van der Waals surface area contributed by atoms with Crippen LogP contribution in [0.5, 0.6) is 0 Å². The molecule has 13 heteroatoms. The van der Waals surface area contributed by atoms with Gasteiger partial charge in [0, 0.05) is 23.0 Å². The largest absolute Gasteiger partial charge is 0.472 e. The molecule has 13 nitrogen and oxygen atoms in total. The SMILES string of the molecule is CC(=O)C1=CO[C@@H](O)[C@@H]2C(CO)=CC[C@H]12.CC(=O)C1=CO[C@@H](O[C@@H]2O[C@H](CO)[C@@H](O)[C@H](O)[C@H]2O)[C@@H]2C(CO)=CC[C@H]12. The number of hydrogen-bond acceptors (Lipinski definition) is 13. The van der Waals surface area contributed by atoms with E-state index in [1.165, 1.54) is 26.4 Å². The lowest BCUT2D eigenvalue weighted by Gasteiger charge is -2.43. The number of Topliss-reactive ketones (excluding diaryl/α,β-unsaturated/α-hetero) is 2. The molecule has 11 atom stereocenters. The first kappa shape index (κ1) is 31.5. The Morgan fingerprint density at radius 3 is 1.85 bits per heavy atom. The third kappa shape index (κ3) is 6.19. The van der Waals surface area contributed by atoms with Crippen molar-refractivity contribution in [3.05, 3.63) is 47.0 Å². The zero-order chi connectivity index (χ0) is 30.0. The first-order valence-corrected chi connectivity index (χ1v) is 13.5. The first-order valence-electron chi connectivity index (χ1n) is 13.5. The normalized spacial score (nSPS) is 39.4. The molecular weight excluding hydrogens is 544 g/mol. The number of carbonyl (C=O) groups is 2. The summed E-state index contributed by atoms with van der Waals surface area (Å²) >= 11 is 0. The number of aliphatic hydroxyl groups is 7. The van der Waals surface area contributed by atoms with E-state index in [0.717, 1.165) is 5.57 Å². The maximum atomic E-state index is 11.8. The second-order valence-electron chi connectivity index (χ2n) is 10.7. The predicted octanol–water partition coefficient (Wildman–Crippen LogP) is -1.45. The van der Waals surface area contributed by atoms with Gasteiger partial charge in [-0.3, -0.25) is 9.59 Å². The Hall–Kier alpha value is -2.46. The maximum Gasteiger partial charge on any atom is 0.208 e. The lowest BCUT2D eigenvalue weighted by molar-refractivity contribution is -0.339. The number of allylic oxidation sites excluding steroid dienone is 4. The van der Waals surface area contributed by atoms with E-state index in [4.69, 9.17) is 24.1 Å². The van der Waals surface area contributed by atoms with Gasteiger partial charge in [-0.15, -0.1) is 0 Å². The molecule has 3 heterocycles. The van der Waals surface area contributed by atoms with E-state index in [1.807, 2.05) is 12.2 Å². The Labute approximate surface area is 236 Å². The van der Waals surface area contributed by atoms with Crippen LogP contribution in [0.3, 0.4) is 0 Å². The Balaban J connectivity index is 0.000000218. The van der Waals surface area contributed by atoms with Gasteiger partial charge in [0.1, 0.15) is 24.4 Å². The van der Waals surface area contributed by atoms with Crippen LogP contribution in [0.25, 0.3) is 0 Å². The quantitative estimate of drug-likeness (QED) is 0.171. The molecule has 0 aromatic heterocycles. The average molecular weight is 583 g/mol. The van der Waals surface area contributed by atoms with Crippen molar-refractivity contribution in [3.8, 4) is 0 Å². The fourth-order valence-corrected chi connectivity index (χ4v) is 6.11. The molecule has 0 aromatic rings. The van der Waals surface area contributed by atoms with Crippen LogP contribution >= 0.6 is 0 Å². The van der Waals surface area contributed by atoms with Crippen molar-refractivity contribution in [2.45, 2.75) is 70.0 Å². The highest BCUT2D eigenvalue weighted by molar-refractivity contribution is 5.94. The third-order valence-electron chi connectivity index (χ3n) is 8.35.